The van der Waals surface area contributed by atoms with E-state index in [1.807, 2.05) is 5.32 Å². The maximum atomic E-state index is 12.5. The number of nitrogens with one attached hydrogen (secondary N) is 1. The minimum Gasteiger partial charge on any atom is -0.461 e. The van der Waals surface area contributed by atoms with Crippen LogP contribution in [0.5, 0.6) is 0 Å². The Bertz CT molecular complexity index is 517. The lowest BCUT2D eigenvalue weighted by Gasteiger charge is -2.20. The van der Waals surface area contributed by atoms with E-state index in [1.165, 1.54) is 13.8 Å². The SMILES string of the molecule is CC(C)OC(=O)C(CC(F)(F)F)NC(=O)OCc1ccccc1. The van der Waals surface area contributed by atoms with Crippen LogP contribution < -0.4 is 5.32 Å². The second-order valence-electron chi connectivity index (χ2n) is 5.06. The van der Waals surface area contributed by atoms with Crippen molar-refractivity contribution in [2.24, 2.45) is 0 Å². The summed E-state index contributed by atoms with van der Waals surface area (Å²) in [6.45, 7) is 2.87. The summed E-state index contributed by atoms with van der Waals surface area (Å²) >= 11 is 0. The molecule has 1 atom stereocenters. The molecule has 0 heterocycles. The van der Waals surface area contributed by atoms with E-state index in [-0.39, 0.29) is 6.61 Å². The van der Waals surface area contributed by atoms with Crippen molar-refractivity contribution in [3.8, 4) is 0 Å². The molecule has 0 radical (unpaired) electrons. The molecule has 1 aromatic rings. The van der Waals surface area contributed by atoms with Gasteiger partial charge in [0.15, 0.2) is 0 Å². The smallest absolute Gasteiger partial charge is 0.408 e. The number of carbonyl (C=O) groups excluding carboxylic acids is 2. The van der Waals surface area contributed by atoms with Crippen molar-refractivity contribution in [1.29, 1.82) is 0 Å². The van der Waals surface area contributed by atoms with Crippen molar-refractivity contribution in [3.63, 3.8) is 0 Å². The topological polar surface area (TPSA) is 64.6 Å². The monoisotopic (exact) mass is 333 g/mol. The molecule has 0 bridgehead atoms. The van der Waals surface area contributed by atoms with E-state index in [0.717, 1.165) is 0 Å². The first-order valence-corrected chi connectivity index (χ1v) is 6.92. The number of alkyl halides is 3. The maximum absolute atomic E-state index is 12.5. The average molecular weight is 333 g/mol. The molecular weight excluding hydrogens is 315 g/mol. The second kappa shape index (κ2) is 8.40. The Balaban J connectivity index is 2.60. The lowest BCUT2D eigenvalue weighted by molar-refractivity contribution is -0.164. The van der Waals surface area contributed by atoms with Gasteiger partial charge in [-0.05, 0) is 19.4 Å². The van der Waals surface area contributed by atoms with Crippen LogP contribution in [0.3, 0.4) is 0 Å². The molecule has 0 spiro atoms. The molecule has 128 valence electrons. The minimum absolute atomic E-state index is 0.120. The molecule has 0 saturated carbocycles. The highest BCUT2D eigenvalue weighted by Crippen LogP contribution is 2.22. The molecule has 1 N–H and O–H groups in total. The molecule has 0 saturated heterocycles. The molecule has 1 unspecified atom stereocenters. The molecule has 0 aromatic heterocycles. The second-order valence-corrected chi connectivity index (χ2v) is 5.06. The Kier molecular flexibility index (Phi) is 6.87. The molecule has 5 nitrogen and oxygen atoms in total. The van der Waals surface area contributed by atoms with E-state index in [1.54, 1.807) is 30.3 Å². The number of benzene rings is 1. The van der Waals surface area contributed by atoms with Gasteiger partial charge in [0.25, 0.3) is 0 Å². The van der Waals surface area contributed by atoms with Crippen LogP contribution in [-0.2, 0) is 20.9 Å². The van der Waals surface area contributed by atoms with E-state index in [2.05, 4.69) is 0 Å². The van der Waals surface area contributed by atoms with Gasteiger partial charge in [0.2, 0.25) is 0 Å². The number of carbonyl (C=O) groups is 2. The summed E-state index contributed by atoms with van der Waals surface area (Å²) in [5, 5.41) is 1.89. The largest absolute Gasteiger partial charge is 0.461 e. The summed E-state index contributed by atoms with van der Waals surface area (Å²) in [6, 6.07) is 6.75. The molecule has 1 aromatic carbocycles. The van der Waals surface area contributed by atoms with Gasteiger partial charge in [-0.3, -0.25) is 0 Å². The summed E-state index contributed by atoms with van der Waals surface area (Å²) in [5.74, 6) is -1.16. The van der Waals surface area contributed by atoms with E-state index >= 15 is 0 Å². The first-order valence-electron chi connectivity index (χ1n) is 6.92. The van der Waals surface area contributed by atoms with Crippen LogP contribution in [0.1, 0.15) is 25.8 Å². The van der Waals surface area contributed by atoms with Crippen LogP contribution in [-0.4, -0.2) is 30.4 Å². The predicted molar refractivity (Wildman–Crippen MR) is 75.5 cm³/mol. The quantitative estimate of drug-likeness (QED) is 0.812. The summed E-state index contributed by atoms with van der Waals surface area (Å²) in [4.78, 5) is 23.2. The lowest BCUT2D eigenvalue weighted by atomic mass is 10.2. The molecule has 0 fully saturated rings. The van der Waals surface area contributed by atoms with Gasteiger partial charge in [-0.15, -0.1) is 0 Å². The molecule has 8 heteroatoms. The van der Waals surface area contributed by atoms with Crippen LogP contribution in [0.2, 0.25) is 0 Å². The third-order valence-corrected chi connectivity index (χ3v) is 2.58. The Morgan fingerprint density at radius 1 is 1.17 bits per heavy atom. The van der Waals surface area contributed by atoms with Gasteiger partial charge in [0.1, 0.15) is 12.6 Å². The fourth-order valence-electron chi connectivity index (χ4n) is 1.65. The fourth-order valence-corrected chi connectivity index (χ4v) is 1.65. The number of hydrogen-bond acceptors (Lipinski definition) is 4. The fraction of sp³-hybridized carbons (Fsp3) is 0.467. The first-order chi connectivity index (χ1) is 10.7. The third-order valence-electron chi connectivity index (χ3n) is 2.58. The summed E-state index contributed by atoms with van der Waals surface area (Å²) in [7, 11) is 0. The summed E-state index contributed by atoms with van der Waals surface area (Å²) < 4.78 is 47.0. The molecule has 0 aliphatic carbocycles. The van der Waals surface area contributed by atoms with Gasteiger partial charge in [-0.2, -0.15) is 13.2 Å². The normalized spacial score (nSPS) is 12.6. The maximum Gasteiger partial charge on any atom is 0.408 e. The van der Waals surface area contributed by atoms with Gasteiger partial charge in [0, 0.05) is 0 Å². The van der Waals surface area contributed by atoms with Gasteiger partial charge in [0.05, 0.1) is 12.5 Å². The Hall–Kier alpha value is -2.25. The van der Waals surface area contributed by atoms with Crippen LogP contribution >= 0.6 is 0 Å². The highest BCUT2D eigenvalue weighted by molar-refractivity contribution is 5.81. The number of halogens is 3. The highest BCUT2D eigenvalue weighted by atomic mass is 19.4. The molecule has 0 aliphatic heterocycles. The van der Waals surface area contributed by atoms with Crippen LogP contribution in [0.4, 0.5) is 18.0 Å². The first kappa shape index (κ1) is 18.8. The van der Waals surface area contributed by atoms with E-state index in [4.69, 9.17) is 9.47 Å². The molecule has 0 aliphatic rings. The molecule has 1 amide bonds. The predicted octanol–water partition coefficient (Wildman–Crippen LogP) is 3.19. The minimum atomic E-state index is -4.63. The van der Waals surface area contributed by atoms with Crippen molar-refractivity contribution in [1.82, 2.24) is 5.32 Å². The highest BCUT2D eigenvalue weighted by Gasteiger charge is 2.37. The van der Waals surface area contributed by atoms with Crippen molar-refractivity contribution >= 4 is 12.1 Å². The van der Waals surface area contributed by atoms with E-state index in [9.17, 15) is 22.8 Å². The zero-order valence-corrected chi connectivity index (χ0v) is 12.7. The number of esters is 1. The molecule has 23 heavy (non-hydrogen) atoms. The Morgan fingerprint density at radius 3 is 2.30 bits per heavy atom. The third kappa shape index (κ3) is 8.08. The van der Waals surface area contributed by atoms with E-state index < -0.39 is 36.8 Å². The van der Waals surface area contributed by atoms with Crippen LogP contribution in [0.25, 0.3) is 0 Å². The average Bonchev–Trinajstić information content (AvgIpc) is 2.43. The molecular formula is C15H18F3NO4. The van der Waals surface area contributed by atoms with Crippen molar-refractivity contribution < 1.29 is 32.2 Å². The van der Waals surface area contributed by atoms with Crippen molar-refractivity contribution in [3.05, 3.63) is 35.9 Å². The van der Waals surface area contributed by atoms with Gasteiger partial charge >= 0.3 is 18.2 Å². The van der Waals surface area contributed by atoms with Crippen LogP contribution in [0, 0.1) is 0 Å². The standard InChI is InChI=1S/C15H18F3NO4/c1-10(2)23-13(20)12(8-15(16,17)18)19-14(21)22-9-11-6-4-3-5-7-11/h3-7,10,12H,8-9H2,1-2H3,(H,19,21). The Morgan fingerprint density at radius 2 is 1.78 bits per heavy atom. The zero-order valence-electron chi connectivity index (χ0n) is 12.7. The number of amides is 1. The number of ether oxygens (including phenoxy) is 2. The van der Waals surface area contributed by atoms with E-state index in [0.29, 0.717) is 5.56 Å². The Labute approximate surface area is 131 Å². The zero-order chi connectivity index (χ0) is 17.5. The number of hydrogen-bond donors (Lipinski definition) is 1. The number of rotatable bonds is 6. The van der Waals surface area contributed by atoms with Gasteiger partial charge in [-0.25, -0.2) is 9.59 Å². The van der Waals surface area contributed by atoms with Crippen molar-refractivity contribution in [2.45, 2.75) is 45.2 Å². The van der Waals surface area contributed by atoms with Crippen LogP contribution in [0.15, 0.2) is 30.3 Å². The van der Waals surface area contributed by atoms with Gasteiger partial charge in [-0.1, -0.05) is 30.3 Å². The van der Waals surface area contributed by atoms with Crippen molar-refractivity contribution in [2.75, 3.05) is 0 Å². The summed E-state index contributed by atoms with van der Waals surface area (Å²) in [5.41, 5.74) is 0.666. The molecule has 1 rings (SSSR count). The summed E-state index contributed by atoms with van der Waals surface area (Å²) in [6.07, 6.45) is -7.88. The number of alkyl carbamates (subject to hydrolysis) is 1. The lowest BCUT2D eigenvalue weighted by Crippen LogP contribution is -2.45. The van der Waals surface area contributed by atoms with Gasteiger partial charge < -0.3 is 14.8 Å².